The molecule has 0 atom stereocenters. The summed E-state index contributed by atoms with van der Waals surface area (Å²) in [5.74, 6) is 0.551. The third kappa shape index (κ3) is 3.08. The predicted molar refractivity (Wildman–Crippen MR) is 93.1 cm³/mol. The molecule has 130 valence electrons. The van der Waals surface area contributed by atoms with Crippen molar-refractivity contribution >= 4 is 16.7 Å². The summed E-state index contributed by atoms with van der Waals surface area (Å²) in [6, 6.07) is 7.08. The Morgan fingerprint density at radius 1 is 1.24 bits per heavy atom. The Hall–Kier alpha value is -2.51. The Balaban J connectivity index is 1.75. The summed E-state index contributed by atoms with van der Waals surface area (Å²) in [5, 5.41) is 17.2. The lowest BCUT2D eigenvalue weighted by Gasteiger charge is -2.27. The van der Waals surface area contributed by atoms with Gasteiger partial charge in [0.05, 0.1) is 18.7 Å². The highest BCUT2D eigenvalue weighted by molar-refractivity contribution is 5.93. The van der Waals surface area contributed by atoms with Crippen molar-refractivity contribution in [3.05, 3.63) is 41.8 Å². The van der Waals surface area contributed by atoms with Crippen LogP contribution in [0, 0.1) is 5.82 Å². The quantitative estimate of drug-likeness (QED) is 0.760. The number of nitrogens with zero attached hydrogens (tertiary/aromatic N) is 3. The molecule has 4 rings (SSSR count). The summed E-state index contributed by atoms with van der Waals surface area (Å²) >= 11 is 0. The van der Waals surface area contributed by atoms with Crippen LogP contribution in [0.15, 0.2) is 30.5 Å². The van der Waals surface area contributed by atoms with Gasteiger partial charge in [-0.25, -0.2) is 9.37 Å². The van der Waals surface area contributed by atoms with Gasteiger partial charge in [0.15, 0.2) is 0 Å². The first-order valence-corrected chi connectivity index (χ1v) is 8.33. The first kappa shape index (κ1) is 16.0. The van der Waals surface area contributed by atoms with Crippen LogP contribution in [0.5, 0.6) is 0 Å². The van der Waals surface area contributed by atoms with E-state index in [-0.39, 0.29) is 18.8 Å². The summed E-state index contributed by atoms with van der Waals surface area (Å²) < 4.78 is 19.4. The number of hydrogen-bond donors (Lipinski definition) is 2. The molecule has 6 nitrogen and oxygen atoms in total. The van der Waals surface area contributed by atoms with E-state index in [0.717, 1.165) is 35.6 Å². The number of nitrogens with one attached hydrogen (secondary N) is 1. The van der Waals surface area contributed by atoms with Gasteiger partial charge in [-0.2, -0.15) is 5.10 Å². The third-order valence-corrected chi connectivity index (χ3v) is 4.47. The van der Waals surface area contributed by atoms with Crippen LogP contribution in [0.25, 0.3) is 22.2 Å². The molecule has 0 aliphatic carbocycles. The maximum absolute atomic E-state index is 14.0. The largest absolute Gasteiger partial charge is 0.396 e. The smallest absolute Gasteiger partial charge is 0.129 e. The maximum Gasteiger partial charge on any atom is 0.129 e. The first-order valence-electron chi connectivity index (χ1n) is 8.33. The van der Waals surface area contributed by atoms with Crippen LogP contribution < -0.4 is 4.90 Å². The molecule has 2 aromatic heterocycles. The van der Waals surface area contributed by atoms with Crippen molar-refractivity contribution in [2.45, 2.75) is 6.42 Å². The average molecular weight is 342 g/mol. The number of aliphatic hydroxyl groups is 1. The lowest BCUT2D eigenvalue weighted by Crippen LogP contribution is -2.36. The molecule has 3 aromatic rings. The topological polar surface area (TPSA) is 74.3 Å². The zero-order valence-electron chi connectivity index (χ0n) is 13.7. The molecule has 0 amide bonds. The van der Waals surface area contributed by atoms with Crippen molar-refractivity contribution in [3.8, 4) is 11.3 Å². The maximum atomic E-state index is 14.0. The molecule has 0 saturated carbocycles. The Morgan fingerprint density at radius 2 is 2.08 bits per heavy atom. The molecule has 1 aliphatic heterocycles. The minimum atomic E-state index is -0.333. The van der Waals surface area contributed by atoms with Gasteiger partial charge in [0.1, 0.15) is 17.3 Å². The lowest BCUT2D eigenvalue weighted by atomic mass is 10.0. The van der Waals surface area contributed by atoms with Gasteiger partial charge in [-0.15, -0.1) is 0 Å². The number of halogens is 1. The van der Waals surface area contributed by atoms with Crippen molar-refractivity contribution < 1.29 is 14.2 Å². The second-order valence-electron chi connectivity index (χ2n) is 6.04. The molecule has 25 heavy (non-hydrogen) atoms. The van der Waals surface area contributed by atoms with Crippen LogP contribution in [0.4, 0.5) is 10.2 Å². The summed E-state index contributed by atoms with van der Waals surface area (Å²) in [6.45, 7) is 2.92. The zero-order chi connectivity index (χ0) is 17.2. The van der Waals surface area contributed by atoms with E-state index in [0.29, 0.717) is 24.3 Å². The molecule has 0 unspecified atom stereocenters. The molecule has 0 radical (unpaired) electrons. The van der Waals surface area contributed by atoms with E-state index >= 15 is 0 Å². The van der Waals surface area contributed by atoms with E-state index < -0.39 is 0 Å². The van der Waals surface area contributed by atoms with Crippen LogP contribution in [0.1, 0.15) is 5.56 Å². The normalized spacial score (nSPS) is 15.0. The molecule has 0 spiro atoms. The van der Waals surface area contributed by atoms with Crippen molar-refractivity contribution in [2.24, 2.45) is 0 Å². The minimum Gasteiger partial charge on any atom is -0.396 e. The summed E-state index contributed by atoms with van der Waals surface area (Å²) in [7, 11) is 0. The second kappa shape index (κ2) is 6.78. The van der Waals surface area contributed by atoms with Gasteiger partial charge >= 0.3 is 0 Å². The van der Waals surface area contributed by atoms with Crippen LogP contribution in [0.3, 0.4) is 0 Å². The highest BCUT2D eigenvalue weighted by Crippen LogP contribution is 2.30. The number of hydrogen-bond acceptors (Lipinski definition) is 5. The number of aliphatic hydroxyl groups excluding tert-OH is 1. The standard InChI is InChI=1S/C18H19FN4O2/c19-15-11-16-14(9-12(15)2-6-24)18(22-21-16)13-1-3-20-17(10-13)23-4-7-25-8-5-23/h1,3,9-11,24H,2,4-8H2,(H,21,22). The molecule has 3 heterocycles. The monoisotopic (exact) mass is 342 g/mol. The molecule has 0 bridgehead atoms. The summed E-state index contributed by atoms with van der Waals surface area (Å²) in [5.41, 5.74) is 2.80. The lowest BCUT2D eigenvalue weighted by molar-refractivity contribution is 0.122. The van der Waals surface area contributed by atoms with Crippen LogP contribution in [-0.2, 0) is 11.2 Å². The third-order valence-electron chi connectivity index (χ3n) is 4.47. The van der Waals surface area contributed by atoms with E-state index in [2.05, 4.69) is 20.1 Å². The highest BCUT2D eigenvalue weighted by Gasteiger charge is 2.16. The van der Waals surface area contributed by atoms with Crippen molar-refractivity contribution in [2.75, 3.05) is 37.8 Å². The van der Waals surface area contributed by atoms with Gasteiger partial charge < -0.3 is 14.7 Å². The van der Waals surface area contributed by atoms with Crippen LogP contribution in [0.2, 0.25) is 0 Å². The SMILES string of the molecule is OCCc1cc2c(-c3ccnc(N4CCOCC4)c3)n[nH]c2cc1F. The van der Waals surface area contributed by atoms with Gasteiger partial charge in [-0.3, -0.25) is 5.10 Å². The minimum absolute atomic E-state index is 0.0912. The average Bonchev–Trinajstić information content (AvgIpc) is 3.06. The summed E-state index contributed by atoms with van der Waals surface area (Å²) in [4.78, 5) is 6.63. The Labute approximate surface area is 144 Å². The molecule has 1 fully saturated rings. The van der Waals surface area contributed by atoms with Crippen molar-refractivity contribution in [1.29, 1.82) is 0 Å². The highest BCUT2D eigenvalue weighted by atomic mass is 19.1. The Bertz CT molecular complexity index is 890. The second-order valence-corrected chi connectivity index (χ2v) is 6.04. The first-order chi connectivity index (χ1) is 12.3. The Morgan fingerprint density at radius 3 is 2.88 bits per heavy atom. The molecule has 7 heteroatoms. The van der Waals surface area contributed by atoms with Gasteiger partial charge in [0, 0.05) is 36.8 Å². The molecule has 1 aromatic carbocycles. The van der Waals surface area contributed by atoms with Crippen LogP contribution in [-0.4, -0.2) is 53.2 Å². The number of benzene rings is 1. The molecule has 2 N–H and O–H groups in total. The number of H-pyrrole nitrogens is 1. The molecular formula is C18H19FN4O2. The van der Waals surface area contributed by atoms with E-state index in [1.807, 2.05) is 12.1 Å². The van der Waals surface area contributed by atoms with Gasteiger partial charge in [0.25, 0.3) is 0 Å². The van der Waals surface area contributed by atoms with Gasteiger partial charge in [-0.1, -0.05) is 0 Å². The van der Waals surface area contributed by atoms with Crippen molar-refractivity contribution in [1.82, 2.24) is 15.2 Å². The van der Waals surface area contributed by atoms with E-state index in [1.165, 1.54) is 6.07 Å². The van der Waals surface area contributed by atoms with Crippen LogP contribution >= 0.6 is 0 Å². The fraction of sp³-hybridized carbons (Fsp3) is 0.333. The predicted octanol–water partition coefficient (Wildman–Crippen LogP) is 2.14. The number of fused-ring (bicyclic) bond motifs is 1. The fourth-order valence-corrected chi connectivity index (χ4v) is 3.15. The van der Waals surface area contributed by atoms with E-state index in [9.17, 15) is 4.39 Å². The zero-order valence-corrected chi connectivity index (χ0v) is 13.7. The van der Waals surface area contributed by atoms with E-state index in [1.54, 1.807) is 12.3 Å². The number of pyridine rings is 1. The van der Waals surface area contributed by atoms with Gasteiger partial charge in [-0.05, 0) is 36.2 Å². The Kier molecular flexibility index (Phi) is 4.33. The van der Waals surface area contributed by atoms with Gasteiger partial charge in [0.2, 0.25) is 0 Å². The van der Waals surface area contributed by atoms with E-state index in [4.69, 9.17) is 9.84 Å². The van der Waals surface area contributed by atoms with Crippen molar-refractivity contribution in [3.63, 3.8) is 0 Å². The molecule has 1 aliphatic rings. The number of ether oxygens (including phenoxy) is 1. The molecular weight excluding hydrogens is 323 g/mol. The number of rotatable bonds is 4. The summed E-state index contributed by atoms with van der Waals surface area (Å²) in [6.07, 6.45) is 2.04. The number of aromatic nitrogens is 3. The molecule has 1 saturated heterocycles. The number of aromatic amines is 1. The fourth-order valence-electron chi connectivity index (χ4n) is 3.15. The number of morpholine rings is 1. The number of anilines is 1.